The van der Waals surface area contributed by atoms with E-state index in [4.69, 9.17) is 0 Å². The quantitative estimate of drug-likeness (QED) is 0.401. The van der Waals surface area contributed by atoms with Crippen molar-refractivity contribution in [2.75, 3.05) is 19.3 Å². The molecule has 2 aromatic heterocycles. The molecule has 0 aliphatic heterocycles. The van der Waals surface area contributed by atoms with Crippen molar-refractivity contribution in [3.8, 4) is 0 Å². The molecule has 2 aromatic rings. The number of thiazole rings is 1. The van der Waals surface area contributed by atoms with Crippen LogP contribution in [0.15, 0.2) is 22.8 Å². The van der Waals surface area contributed by atoms with Gasteiger partial charge in [0.1, 0.15) is 0 Å². The Bertz CT molecular complexity index is 577. The van der Waals surface area contributed by atoms with E-state index in [0.717, 1.165) is 29.7 Å². The van der Waals surface area contributed by atoms with Gasteiger partial charge in [0.2, 0.25) is 0 Å². The summed E-state index contributed by atoms with van der Waals surface area (Å²) in [6.07, 6.45) is 6.18. The predicted octanol–water partition coefficient (Wildman–Crippen LogP) is 3.21. The van der Waals surface area contributed by atoms with Gasteiger partial charge in [-0.25, -0.2) is 9.98 Å². The first-order valence-corrected chi connectivity index (χ1v) is 9.13. The van der Waals surface area contributed by atoms with Gasteiger partial charge in [-0.1, -0.05) is 0 Å². The molecular formula is C14H24IN5S2. The molecule has 0 fully saturated rings. The van der Waals surface area contributed by atoms with Crippen LogP contribution in [0.2, 0.25) is 0 Å². The first-order valence-electron chi connectivity index (χ1n) is 7.02. The van der Waals surface area contributed by atoms with Crippen LogP contribution in [0.25, 0.3) is 4.96 Å². The predicted molar refractivity (Wildman–Crippen MR) is 109 cm³/mol. The van der Waals surface area contributed by atoms with Crippen LogP contribution in [0.3, 0.4) is 0 Å². The van der Waals surface area contributed by atoms with Gasteiger partial charge in [0.15, 0.2) is 10.9 Å². The third-order valence-electron chi connectivity index (χ3n) is 3.12. The lowest BCUT2D eigenvalue weighted by Crippen LogP contribution is -2.43. The van der Waals surface area contributed by atoms with Crippen LogP contribution < -0.4 is 10.6 Å². The molecule has 0 spiro atoms. The SMILES string of the molecule is CCNC(=NCc1cn2ccsc2n1)NCC(C)(C)SC.I. The molecule has 0 saturated carbocycles. The first kappa shape index (κ1) is 19.6. The fourth-order valence-electron chi connectivity index (χ4n) is 1.72. The fraction of sp³-hybridized carbons (Fsp3) is 0.571. The molecule has 0 aromatic carbocycles. The molecule has 0 aliphatic carbocycles. The van der Waals surface area contributed by atoms with Crippen LogP contribution in [0.1, 0.15) is 26.5 Å². The number of aromatic nitrogens is 2. The largest absolute Gasteiger partial charge is 0.357 e. The molecule has 2 rings (SSSR count). The second-order valence-electron chi connectivity index (χ2n) is 5.34. The van der Waals surface area contributed by atoms with Gasteiger partial charge in [-0.3, -0.25) is 4.40 Å². The van der Waals surface area contributed by atoms with Crippen molar-refractivity contribution in [1.82, 2.24) is 20.0 Å². The van der Waals surface area contributed by atoms with Crippen LogP contribution >= 0.6 is 47.1 Å². The number of imidazole rings is 1. The van der Waals surface area contributed by atoms with Crippen molar-refractivity contribution in [2.24, 2.45) is 4.99 Å². The zero-order valence-electron chi connectivity index (χ0n) is 13.4. The van der Waals surface area contributed by atoms with E-state index in [0.29, 0.717) is 6.54 Å². The van der Waals surface area contributed by atoms with Crippen LogP contribution in [-0.4, -0.2) is 39.4 Å². The number of fused-ring (bicyclic) bond motifs is 1. The molecule has 0 amide bonds. The summed E-state index contributed by atoms with van der Waals surface area (Å²) in [4.78, 5) is 10.2. The standard InChI is InChI=1S/C14H23N5S2.HI/c1-5-15-12(17-10-14(2,3)20-4)16-8-11-9-19-6-7-21-13(19)18-11;/h6-7,9H,5,8,10H2,1-4H3,(H2,15,16,17);1H. The van der Waals surface area contributed by atoms with Gasteiger partial charge in [0.05, 0.1) is 12.2 Å². The summed E-state index contributed by atoms with van der Waals surface area (Å²) in [5.41, 5.74) is 0.989. The molecule has 0 bridgehead atoms. The van der Waals surface area contributed by atoms with Gasteiger partial charge in [0, 0.05) is 35.6 Å². The molecule has 124 valence electrons. The number of hydrogen-bond donors (Lipinski definition) is 2. The van der Waals surface area contributed by atoms with Gasteiger partial charge in [0.25, 0.3) is 0 Å². The monoisotopic (exact) mass is 453 g/mol. The van der Waals surface area contributed by atoms with E-state index in [1.165, 1.54) is 0 Å². The maximum atomic E-state index is 4.61. The van der Waals surface area contributed by atoms with Crippen LogP contribution in [0.5, 0.6) is 0 Å². The Morgan fingerprint density at radius 2 is 2.23 bits per heavy atom. The minimum absolute atomic E-state index is 0. The second kappa shape index (κ2) is 8.97. The van der Waals surface area contributed by atoms with Gasteiger partial charge >= 0.3 is 0 Å². The summed E-state index contributed by atoms with van der Waals surface area (Å²) in [6, 6.07) is 0. The summed E-state index contributed by atoms with van der Waals surface area (Å²) >= 11 is 3.48. The van der Waals surface area contributed by atoms with E-state index in [1.807, 2.05) is 33.9 Å². The molecule has 2 N–H and O–H groups in total. The Hall–Kier alpha value is -0.480. The Labute approximate surface area is 157 Å². The van der Waals surface area contributed by atoms with Gasteiger partial charge in [-0.15, -0.1) is 35.3 Å². The van der Waals surface area contributed by atoms with E-state index >= 15 is 0 Å². The zero-order chi connectivity index (χ0) is 15.3. The first-order chi connectivity index (χ1) is 10.0. The highest BCUT2D eigenvalue weighted by atomic mass is 127. The van der Waals surface area contributed by atoms with Crippen molar-refractivity contribution >= 4 is 58.0 Å². The molecule has 0 atom stereocenters. The fourth-order valence-corrected chi connectivity index (χ4v) is 2.66. The summed E-state index contributed by atoms with van der Waals surface area (Å²) in [6.45, 7) is 8.82. The number of aliphatic imine (C=N–C) groups is 1. The number of thioether (sulfide) groups is 1. The summed E-state index contributed by atoms with van der Waals surface area (Å²) in [5, 5.41) is 8.70. The lowest BCUT2D eigenvalue weighted by Gasteiger charge is -2.23. The Balaban J connectivity index is 0.00000242. The van der Waals surface area contributed by atoms with Crippen LogP contribution in [0, 0.1) is 0 Å². The highest BCUT2D eigenvalue weighted by Gasteiger charge is 2.16. The van der Waals surface area contributed by atoms with Gasteiger partial charge in [-0.05, 0) is 27.0 Å². The number of nitrogens with zero attached hydrogens (tertiary/aromatic N) is 3. The zero-order valence-corrected chi connectivity index (χ0v) is 17.4. The highest BCUT2D eigenvalue weighted by Crippen LogP contribution is 2.19. The number of nitrogens with one attached hydrogen (secondary N) is 2. The second-order valence-corrected chi connectivity index (χ2v) is 7.72. The third kappa shape index (κ3) is 5.62. The Morgan fingerprint density at radius 3 is 2.86 bits per heavy atom. The molecule has 2 heterocycles. The number of guanidine groups is 1. The summed E-state index contributed by atoms with van der Waals surface area (Å²) in [5.74, 6) is 0.843. The molecular weight excluding hydrogens is 429 g/mol. The lowest BCUT2D eigenvalue weighted by atomic mass is 10.2. The number of hydrogen-bond acceptors (Lipinski definition) is 4. The average molecular weight is 453 g/mol. The molecule has 0 aliphatic rings. The molecule has 0 unspecified atom stereocenters. The topological polar surface area (TPSA) is 53.7 Å². The summed E-state index contributed by atoms with van der Waals surface area (Å²) in [7, 11) is 0. The highest BCUT2D eigenvalue weighted by molar-refractivity contribution is 14.0. The number of rotatable bonds is 6. The van der Waals surface area contributed by atoms with Gasteiger partial charge < -0.3 is 10.6 Å². The van der Waals surface area contributed by atoms with Crippen molar-refractivity contribution in [3.05, 3.63) is 23.5 Å². The van der Waals surface area contributed by atoms with Crippen molar-refractivity contribution in [3.63, 3.8) is 0 Å². The van der Waals surface area contributed by atoms with Crippen molar-refractivity contribution in [1.29, 1.82) is 0 Å². The summed E-state index contributed by atoms with van der Waals surface area (Å²) < 4.78 is 2.22. The normalized spacial score (nSPS) is 12.3. The Kier molecular flexibility index (Phi) is 7.98. The van der Waals surface area contributed by atoms with Crippen LogP contribution in [0.4, 0.5) is 0 Å². The molecule has 22 heavy (non-hydrogen) atoms. The molecule has 0 radical (unpaired) electrons. The van der Waals surface area contributed by atoms with Crippen molar-refractivity contribution < 1.29 is 0 Å². The van der Waals surface area contributed by atoms with E-state index < -0.39 is 0 Å². The molecule has 0 saturated heterocycles. The minimum Gasteiger partial charge on any atom is -0.357 e. The lowest BCUT2D eigenvalue weighted by molar-refractivity contribution is 0.664. The Morgan fingerprint density at radius 1 is 1.45 bits per heavy atom. The smallest absolute Gasteiger partial charge is 0.193 e. The van der Waals surface area contributed by atoms with E-state index in [-0.39, 0.29) is 28.7 Å². The maximum Gasteiger partial charge on any atom is 0.193 e. The van der Waals surface area contributed by atoms with Crippen molar-refractivity contribution in [2.45, 2.75) is 32.1 Å². The molecule has 8 heteroatoms. The van der Waals surface area contributed by atoms with Gasteiger partial charge in [-0.2, -0.15) is 11.8 Å². The maximum absolute atomic E-state index is 4.61. The van der Waals surface area contributed by atoms with Crippen LogP contribution in [-0.2, 0) is 6.54 Å². The average Bonchev–Trinajstić information content (AvgIpc) is 3.03. The van der Waals surface area contributed by atoms with E-state index in [2.05, 4.69) is 47.6 Å². The van der Waals surface area contributed by atoms with E-state index in [1.54, 1.807) is 11.3 Å². The minimum atomic E-state index is 0. The molecule has 5 nitrogen and oxygen atoms in total. The third-order valence-corrected chi connectivity index (χ3v) is 5.14. The van der Waals surface area contributed by atoms with E-state index in [9.17, 15) is 0 Å². The number of halogens is 1.